The summed E-state index contributed by atoms with van der Waals surface area (Å²) in [5, 5.41) is 29.4. The van der Waals surface area contributed by atoms with Crippen LogP contribution in [-0.2, 0) is 22.7 Å². The molecule has 0 spiro atoms. The standard InChI is InChI=1S/C31H44F6N6O6/c1-16(28(48)38-5)40-26(30(32,33)34)20-14-42(18(3)22(44)24(20)46)12-10-8-7-9-11-13-43-15-21(25(47)23(45)19(43)4)27(31(35,36)37)41-17(2)29(49)39-6/h14-17,26-27,40-41,44-45H,7-13H2,1-6H3,(H,38,48)(H,39,49)/t16-,17-,26-,27+/m0/s1. The minimum absolute atomic E-state index is 0.0645. The minimum Gasteiger partial charge on any atom is -0.503 e. The van der Waals surface area contributed by atoms with Crippen molar-refractivity contribution in [1.29, 1.82) is 0 Å². The second-order valence-corrected chi connectivity index (χ2v) is 11.8. The molecule has 0 aliphatic carbocycles. The lowest BCUT2D eigenvalue weighted by Gasteiger charge is -2.26. The van der Waals surface area contributed by atoms with Gasteiger partial charge in [0.15, 0.2) is 11.5 Å². The maximum atomic E-state index is 14.0. The van der Waals surface area contributed by atoms with Crippen molar-refractivity contribution in [2.75, 3.05) is 14.1 Å². The molecule has 0 fully saturated rings. The number of aryl methyl sites for hydroxylation is 2. The van der Waals surface area contributed by atoms with Crippen molar-refractivity contribution in [1.82, 2.24) is 30.4 Å². The fourth-order valence-electron chi connectivity index (χ4n) is 5.30. The van der Waals surface area contributed by atoms with Crippen LogP contribution in [0.1, 0.15) is 80.6 Å². The Labute approximate surface area is 278 Å². The summed E-state index contributed by atoms with van der Waals surface area (Å²) in [6.45, 7) is 5.49. The van der Waals surface area contributed by atoms with Crippen LogP contribution in [0.15, 0.2) is 22.0 Å². The van der Waals surface area contributed by atoms with E-state index in [4.69, 9.17) is 0 Å². The Balaban J connectivity index is 2.12. The van der Waals surface area contributed by atoms with Gasteiger partial charge >= 0.3 is 12.4 Å². The predicted octanol–water partition coefficient (Wildman–Crippen LogP) is 3.34. The zero-order chi connectivity index (χ0) is 37.4. The van der Waals surface area contributed by atoms with Gasteiger partial charge in [-0.05, 0) is 40.5 Å². The molecule has 0 unspecified atom stereocenters. The number of aromatic hydroxyl groups is 2. The zero-order valence-corrected chi connectivity index (χ0v) is 28.1. The van der Waals surface area contributed by atoms with Gasteiger partial charge in [-0.2, -0.15) is 26.3 Å². The van der Waals surface area contributed by atoms with Crippen LogP contribution in [0.3, 0.4) is 0 Å². The van der Waals surface area contributed by atoms with Gasteiger partial charge in [-0.25, -0.2) is 0 Å². The Morgan fingerprint density at radius 3 is 1.27 bits per heavy atom. The number of halogens is 6. The predicted molar refractivity (Wildman–Crippen MR) is 168 cm³/mol. The summed E-state index contributed by atoms with van der Waals surface area (Å²) in [6, 6.07) is -7.65. The van der Waals surface area contributed by atoms with Gasteiger partial charge in [-0.3, -0.25) is 29.8 Å². The molecule has 12 nitrogen and oxygen atoms in total. The first-order valence-electron chi connectivity index (χ1n) is 15.6. The van der Waals surface area contributed by atoms with Crippen LogP contribution < -0.4 is 32.1 Å². The van der Waals surface area contributed by atoms with Crippen molar-refractivity contribution in [3.05, 3.63) is 55.4 Å². The highest BCUT2D eigenvalue weighted by Crippen LogP contribution is 2.34. The van der Waals surface area contributed by atoms with Crippen LogP contribution in [0.2, 0.25) is 0 Å². The van der Waals surface area contributed by atoms with E-state index in [0.29, 0.717) is 32.1 Å². The number of nitrogens with zero attached hydrogens (tertiary/aromatic N) is 2. The molecule has 0 bridgehead atoms. The molecule has 0 saturated carbocycles. The average Bonchev–Trinajstić information content (AvgIpc) is 3.03. The number of aromatic nitrogens is 2. The number of alkyl halides is 6. The number of unbranched alkanes of at least 4 members (excludes halogenated alkanes) is 4. The normalized spacial score (nSPS) is 14.6. The molecule has 0 saturated heterocycles. The molecule has 0 aliphatic rings. The Kier molecular flexibility index (Phi) is 14.3. The lowest BCUT2D eigenvalue weighted by Crippen LogP contribution is -2.48. The van der Waals surface area contributed by atoms with Gasteiger partial charge in [0.25, 0.3) is 0 Å². The SMILES string of the molecule is CNC(=O)[C@H](C)N[C@H](c1cn(CCCCCCCn2cc([C@H](N[C@@H](C)C(=O)NC)C(F)(F)F)c(=O)c(O)c2C)c(C)c(O)c1=O)C(F)(F)F. The lowest BCUT2D eigenvalue weighted by atomic mass is 10.0. The van der Waals surface area contributed by atoms with Gasteiger partial charge in [0.1, 0.15) is 12.1 Å². The highest BCUT2D eigenvalue weighted by molar-refractivity contribution is 5.81. The summed E-state index contributed by atoms with van der Waals surface area (Å²) in [7, 11) is 2.51. The number of hydrogen-bond donors (Lipinski definition) is 6. The molecule has 49 heavy (non-hydrogen) atoms. The Morgan fingerprint density at radius 2 is 0.980 bits per heavy atom. The third-order valence-electron chi connectivity index (χ3n) is 8.28. The molecule has 0 radical (unpaired) electrons. The minimum atomic E-state index is -4.96. The summed E-state index contributed by atoms with van der Waals surface area (Å²) >= 11 is 0. The van der Waals surface area contributed by atoms with Gasteiger partial charge < -0.3 is 30.0 Å². The first kappa shape index (κ1) is 41.1. The van der Waals surface area contributed by atoms with Crippen LogP contribution in [0.25, 0.3) is 0 Å². The quantitative estimate of drug-likeness (QED) is 0.114. The summed E-state index contributed by atoms with van der Waals surface area (Å²) in [5.41, 5.74) is -3.83. The molecule has 4 atom stereocenters. The van der Waals surface area contributed by atoms with Gasteiger partial charge in [0.05, 0.1) is 23.5 Å². The van der Waals surface area contributed by atoms with E-state index < -0.39 is 81.8 Å². The number of nitrogens with one attached hydrogen (secondary N) is 4. The van der Waals surface area contributed by atoms with E-state index >= 15 is 0 Å². The van der Waals surface area contributed by atoms with Crippen LogP contribution in [-0.4, -0.2) is 69.7 Å². The van der Waals surface area contributed by atoms with E-state index in [1.165, 1.54) is 50.9 Å². The highest BCUT2D eigenvalue weighted by Gasteiger charge is 2.45. The molecule has 2 heterocycles. The fourth-order valence-corrected chi connectivity index (χ4v) is 5.30. The Bertz CT molecular complexity index is 1470. The Hall–Kier alpha value is -4.06. The molecule has 0 aromatic carbocycles. The molecule has 0 aliphatic heterocycles. The first-order valence-corrected chi connectivity index (χ1v) is 15.6. The first-order chi connectivity index (χ1) is 22.7. The van der Waals surface area contributed by atoms with Crippen molar-refractivity contribution in [3.8, 4) is 11.5 Å². The number of likely N-dealkylation sites (N-methyl/N-ethyl adjacent to an activating group) is 2. The van der Waals surface area contributed by atoms with Gasteiger partial charge in [-0.1, -0.05) is 19.3 Å². The molecule has 2 amide bonds. The van der Waals surface area contributed by atoms with E-state index in [-0.39, 0.29) is 24.5 Å². The van der Waals surface area contributed by atoms with E-state index in [1.807, 2.05) is 0 Å². The number of carbonyl (C=O) groups excluding carboxylic acids is 2. The highest BCUT2D eigenvalue weighted by atomic mass is 19.4. The summed E-state index contributed by atoms with van der Waals surface area (Å²) in [4.78, 5) is 49.0. The van der Waals surface area contributed by atoms with Gasteiger partial charge in [0, 0.05) is 50.7 Å². The molecule has 2 aromatic heterocycles. The summed E-state index contributed by atoms with van der Waals surface area (Å²) in [5.74, 6) is -3.14. The van der Waals surface area contributed by atoms with Crippen LogP contribution in [0.5, 0.6) is 11.5 Å². The summed E-state index contributed by atoms with van der Waals surface area (Å²) < 4.78 is 86.5. The molecular formula is C31H44F6N6O6. The number of rotatable bonds is 16. The topological polar surface area (TPSA) is 167 Å². The van der Waals surface area contributed by atoms with Crippen molar-refractivity contribution in [2.45, 2.75) is 109 Å². The van der Waals surface area contributed by atoms with E-state index in [0.717, 1.165) is 12.4 Å². The van der Waals surface area contributed by atoms with Gasteiger partial charge in [-0.15, -0.1) is 0 Å². The Morgan fingerprint density at radius 1 is 0.673 bits per heavy atom. The number of hydrogen-bond acceptors (Lipinski definition) is 8. The van der Waals surface area contributed by atoms with Crippen LogP contribution in [0.4, 0.5) is 26.3 Å². The third-order valence-corrected chi connectivity index (χ3v) is 8.28. The van der Waals surface area contributed by atoms with Crippen molar-refractivity contribution >= 4 is 11.8 Å². The molecule has 276 valence electrons. The third kappa shape index (κ3) is 10.5. The van der Waals surface area contributed by atoms with Crippen molar-refractivity contribution in [3.63, 3.8) is 0 Å². The van der Waals surface area contributed by atoms with Gasteiger partial charge in [0.2, 0.25) is 22.7 Å². The van der Waals surface area contributed by atoms with E-state index in [1.54, 1.807) is 0 Å². The molecule has 2 aromatic rings. The maximum absolute atomic E-state index is 14.0. The zero-order valence-electron chi connectivity index (χ0n) is 28.1. The van der Waals surface area contributed by atoms with E-state index in [2.05, 4.69) is 21.3 Å². The summed E-state index contributed by atoms with van der Waals surface area (Å²) in [6.07, 6.45) is -5.29. The van der Waals surface area contributed by atoms with Crippen LogP contribution in [0, 0.1) is 13.8 Å². The second-order valence-electron chi connectivity index (χ2n) is 11.8. The van der Waals surface area contributed by atoms with Crippen molar-refractivity contribution < 1.29 is 46.1 Å². The van der Waals surface area contributed by atoms with Crippen LogP contribution >= 0.6 is 0 Å². The molecule has 18 heteroatoms. The maximum Gasteiger partial charge on any atom is 0.408 e. The monoisotopic (exact) mass is 710 g/mol. The van der Waals surface area contributed by atoms with Crippen molar-refractivity contribution in [2.24, 2.45) is 0 Å². The number of carbonyl (C=O) groups is 2. The molecule has 6 N–H and O–H groups in total. The largest absolute Gasteiger partial charge is 0.503 e. The number of amides is 2. The molecular weight excluding hydrogens is 666 g/mol. The lowest BCUT2D eigenvalue weighted by molar-refractivity contribution is -0.161. The second kappa shape index (κ2) is 17.0. The fraction of sp³-hybridized carbons (Fsp3) is 0.613. The smallest absolute Gasteiger partial charge is 0.408 e. The average molecular weight is 711 g/mol. The number of pyridine rings is 2. The van der Waals surface area contributed by atoms with E-state index in [9.17, 15) is 55.7 Å². The molecule has 2 rings (SSSR count).